The summed E-state index contributed by atoms with van der Waals surface area (Å²) in [6.07, 6.45) is 0.0116. The third kappa shape index (κ3) is 6.56. The number of nitrogens with one attached hydrogen (secondary N) is 1. The Kier molecular flexibility index (Phi) is 8.16. The number of amides is 1. The van der Waals surface area contributed by atoms with Gasteiger partial charge >= 0.3 is 6.18 Å². The maximum Gasteiger partial charge on any atom is 0.417 e. The maximum absolute atomic E-state index is 13.6. The van der Waals surface area contributed by atoms with Crippen LogP contribution in [0, 0.1) is 19.8 Å². The van der Waals surface area contributed by atoms with E-state index in [1.807, 2.05) is 0 Å². The van der Waals surface area contributed by atoms with Crippen molar-refractivity contribution in [2.45, 2.75) is 65.6 Å². The first kappa shape index (κ1) is 25.2. The molecule has 1 aromatic carbocycles. The number of aryl methyl sites for hydroxylation is 2. The molecule has 1 saturated heterocycles. The number of hydrogen-bond donors (Lipinski definition) is 1. The van der Waals surface area contributed by atoms with Crippen LogP contribution in [0.1, 0.15) is 66.7 Å². The van der Waals surface area contributed by atoms with E-state index in [0.29, 0.717) is 16.8 Å². The summed E-state index contributed by atoms with van der Waals surface area (Å²) in [6.45, 7) is 10.5. The number of carbonyl (C=O) groups excluding carboxylic acids is 1. The molecule has 1 aliphatic rings. The van der Waals surface area contributed by atoms with Gasteiger partial charge < -0.3 is 10.2 Å². The summed E-state index contributed by atoms with van der Waals surface area (Å²) >= 11 is 0. The van der Waals surface area contributed by atoms with Gasteiger partial charge in [-0.3, -0.25) is 9.78 Å². The molecule has 1 N–H and O–H groups in total. The zero-order chi connectivity index (χ0) is 24.2. The number of nitrogens with zero attached hydrogens (tertiary/aromatic N) is 2. The second kappa shape index (κ2) is 10.7. The molecule has 0 spiro atoms. The van der Waals surface area contributed by atoms with Crippen LogP contribution in [-0.4, -0.2) is 41.5 Å². The lowest BCUT2D eigenvalue weighted by Crippen LogP contribution is -2.48. The molecule has 0 radical (unpaired) electrons. The number of halogens is 3. The Hall–Kier alpha value is -2.41. The van der Waals surface area contributed by atoms with E-state index < -0.39 is 11.7 Å². The van der Waals surface area contributed by atoms with Crippen LogP contribution in [0.5, 0.6) is 0 Å². The molecule has 33 heavy (non-hydrogen) atoms. The van der Waals surface area contributed by atoms with Crippen LogP contribution in [0.25, 0.3) is 11.3 Å². The van der Waals surface area contributed by atoms with Crippen LogP contribution in [0.4, 0.5) is 13.2 Å². The molecule has 1 fully saturated rings. The molecule has 2 aromatic rings. The predicted molar refractivity (Wildman–Crippen MR) is 125 cm³/mol. The molecule has 4 nitrogen and oxygen atoms in total. The van der Waals surface area contributed by atoms with E-state index >= 15 is 0 Å². The summed E-state index contributed by atoms with van der Waals surface area (Å²) in [5.74, 6) is 0.0113. The second-order valence-corrected chi connectivity index (χ2v) is 9.26. The van der Waals surface area contributed by atoms with Gasteiger partial charge in [-0.25, -0.2) is 0 Å². The molecule has 7 heteroatoms. The molecule has 1 unspecified atom stereocenters. The minimum Gasteiger partial charge on any atom is -0.348 e. The van der Waals surface area contributed by atoms with E-state index in [0.717, 1.165) is 32.1 Å². The highest BCUT2D eigenvalue weighted by Gasteiger charge is 2.34. The van der Waals surface area contributed by atoms with Gasteiger partial charge in [0, 0.05) is 29.4 Å². The number of likely N-dealkylation sites (tertiary alicyclic amines) is 1. The van der Waals surface area contributed by atoms with E-state index in [2.05, 4.69) is 29.0 Å². The average Bonchev–Trinajstić information content (AvgIpc) is 2.77. The maximum atomic E-state index is 13.6. The lowest BCUT2D eigenvalue weighted by atomic mass is 9.96. The topological polar surface area (TPSA) is 45.2 Å². The summed E-state index contributed by atoms with van der Waals surface area (Å²) < 4.78 is 40.9. The quantitative estimate of drug-likeness (QED) is 0.549. The summed E-state index contributed by atoms with van der Waals surface area (Å²) in [4.78, 5) is 20.0. The Balaban J connectivity index is 1.89. The third-order valence-corrected chi connectivity index (χ3v) is 6.52. The molecular formula is C26H34F3N3O. The Labute approximate surface area is 194 Å². The summed E-state index contributed by atoms with van der Waals surface area (Å²) in [5.41, 5.74) is 0.938. The fourth-order valence-corrected chi connectivity index (χ4v) is 4.38. The highest BCUT2D eigenvalue weighted by Crippen LogP contribution is 2.37. The number of benzene rings is 1. The van der Waals surface area contributed by atoms with Crippen LogP contribution in [-0.2, 0) is 6.18 Å². The molecule has 2 atom stereocenters. The van der Waals surface area contributed by atoms with Gasteiger partial charge in [0.1, 0.15) is 0 Å². The van der Waals surface area contributed by atoms with E-state index in [4.69, 9.17) is 0 Å². The van der Waals surface area contributed by atoms with E-state index in [1.165, 1.54) is 37.5 Å². The molecule has 3 rings (SSSR count). The molecular weight excluding hydrogens is 427 g/mol. The normalized spacial score (nSPS) is 16.9. The Morgan fingerprint density at radius 3 is 2.45 bits per heavy atom. The van der Waals surface area contributed by atoms with Crippen molar-refractivity contribution in [3.8, 4) is 11.3 Å². The van der Waals surface area contributed by atoms with Gasteiger partial charge in [0.05, 0.1) is 11.3 Å². The first-order chi connectivity index (χ1) is 15.6. The lowest BCUT2D eigenvalue weighted by Gasteiger charge is -2.33. The summed E-state index contributed by atoms with van der Waals surface area (Å²) in [5, 5.41) is 3.16. The van der Waals surface area contributed by atoms with Crippen molar-refractivity contribution >= 4 is 5.91 Å². The number of piperidine rings is 1. The minimum atomic E-state index is -4.51. The zero-order valence-corrected chi connectivity index (χ0v) is 19.9. The first-order valence-electron chi connectivity index (χ1n) is 11.8. The molecule has 1 aromatic heterocycles. The van der Waals surface area contributed by atoms with Crippen molar-refractivity contribution in [3.05, 3.63) is 52.7 Å². The number of alkyl halides is 3. The van der Waals surface area contributed by atoms with Crippen molar-refractivity contribution < 1.29 is 18.0 Å². The van der Waals surface area contributed by atoms with Gasteiger partial charge in [0.25, 0.3) is 5.91 Å². The van der Waals surface area contributed by atoms with Crippen molar-refractivity contribution in [1.82, 2.24) is 15.2 Å². The number of carbonyl (C=O) groups is 1. The number of aromatic nitrogens is 1. The summed E-state index contributed by atoms with van der Waals surface area (Å²) in [7, 11) is 0. The van der Waals surface area contributed by atoms with Gasteiger partial charge in [0.15, 0.2) is 0 Å². The van der Waals surface area contributed by atoms with E-state index in [9.17, 15) is 18.0 Å². The van der Waals surface area contributed by atoms with Crippen LogP contribution in [0.2, 0.25) is 0 Å². The Morgan fingerprint density at radius 2 is 1.82 bits per heavy atom. The van der Waals surface area contributed by atoms with Gasteiger partial charge in [-0.15, -0.1) is 0 Å². The van der Waals surface area contributed by atoms with Gasteiger partial charge in [-0.1, -0.05) is 38.3 Å². The predicted octanol–water partition coefficient (Wildman–Crippen LogP) is 6.01. The highest BCUT2D eigenvalue weighted by atomic mass is 19.4. The van der Waals surface area contributed by atoms with E-state index in [1.54, 1.807) is 19.9 Å². The van der Waals surface area contributed by atoms with Crippen molar-refractivity contribution in [3.63, 3.8) is 0 Å². The van der Waals surface area contributed by atoms with Crippen molar-refractivity contribution in [1.29, 1.82) is 0 Å². The monoisotopic (exact) mass is 461 g/mol. The second-order valence-electron chi connectivity index (χ2n) is 9.26. The fraction of sp³-hybridized carbons (Fsp3) is 0.538. The molecule has 1 amide bonds. The first-order valence-corrected chi connectivity index (χ1v) is 11.8. The SMILES string of the molecule is CC[C@@H](C)C(CN1CCCCC1)NC(=O)c1cc(C)nc(-c2cc(C)ccc2C(F)(F)F)c1. The highest BCUT2D eigenvalue weighted by molar-refractivity contribution is 5.95. The van der Waals surface area contributed by atoms with Crippen LogP contribution in [0.15, 0.2) is 30.3 Å². The molecule has 0 aliphatic carbocycles. The molecule has 0 bridgehead atoms. The number of rotatable bonds is 7. The molecule has 1 aliphatic heterocycles. The largest absolute Gasteiger partial charge is 0.417 e. The van der Waals surface area contributed by atoms with Gasteiger partial charge in [-0.2, -0.15) is 13.2 Å². The zero-order valence-electron chi connectivity index (χ0n) is 19.9. The van der Waals surface area contributed by atoms with Crippen LogP contribution < -0.4 is 5.32 Å². The van der Waals surface area contributed by atoms with Gasteiger partial charge in [-0.05, 0) is 70.0 Å². The van der Waals surface area contributed by atoms with E-state index in [-0.39, 0.29) is 29.1 Å². The standard InChI is InChI=1S/C26H34F3N3O/c1-5-18(3)24(16-32-11-7-6-8-12-32)31-25(33)20-14-19(4)30-23(15-20)21-13-17(2)9-10-22(21)26(27,28)29/h9-10,13-15,18,24H,5-8,11-12,16H2,1-4H3,(H,31,33)/t18-,24?/m1/s1. The smallest absolute Gasteiger partial charge is 0.348 e. The van der Waals surface area contributed by atoms with Crippen molar-refractivity contribution in [2.24, 2.45) is 5.92 Å². The number of pyridine rings is 1. The third-order valence-electron chi connectivity index (χ3n) is 6.52. The Morgan fingerprint density at radius 1 is 1.12 bits per heavy atom. The molecule has 180 valence electrons. The average molecular weight is 462 g/mol. The summed E-state index contributed by atoms with van der Waals surface area (Å²) in [6, 6.07) is 7.07. The minimum absolute atomic E-state index is 0.00737. The molecule has 2 heterocycles. The molecule has 0 saturated carbocycles. The van der Waals surface area contributed by atoms with Gasteiger partial charge in [0.2, 0.25) is 0 Å². The van der Waals surface area contributed by atoms with Crippen LogP contribution >= 0.6 is 0 Å². The van der Waals surface area contributed by atoms with Crippen LogP contribution in [0.3, 0.4) is 0 Å². The lowest BCUT2D eigenvalue weighted by molar-refractivity contribution is -0.137. The number of hydrogen-bond acceptors (Lipinski definition) is 3. The fourth-order valence-electron chi connectivity index (χ4n) is 4.38. The van der Waals surface area contributed by atoms with Crippen molar-refractivity contribution in [2.75, 3.05) is 19.6 Å². The Bertz CT molecular complexity index is 968.